The number of primary amides is 1. The Hall–Kier alpha value is -4.06. The molecule has 2 aromatic carbocycles. The predicted molar refractivity (Wildman–Crippen MR) is 152 cm³/mol. The van der Waals surface area contributed by atoms with Crippen molar-refractivity contribution in [3.63, 3.8) is 0 Å². The van der Waals surface area contributed by atoms with Crippen molar-refractivity contribution in [2.24, 2.45) is 17.6 Å². The highest BCUT2D eigenvalue weighted by molar-refractivity contribution is 6.24. The van der Waals surface area contributed by atoms with Gasteiger partial charge in [-0.2, -0.15) is 0 Å². The summed E-state index contributed by atoms with van der Waals surface area (Å²) in [5.41, 5.74) is 3.74. The van der Waals surface area contributed by atoms with E-state index < -0.39 is 58.0 Å². The molecule has 0 heterocycles. The molecule has 0 bridgehead atoms. The maximum absolute atomic E-state index is 14.6. The maximum Gasteiger partial charge on any atom is 0.255 e. The lowest BCUT2D eigenvalue weighted by atomic mass is 9.57. The highest BCUT2D eigenvalue weighted by Crippen LogP contribution is 2.53. The molecule has 0 saturated heterocycles. The maximum atomic E-state index is 14.6. The van der Waals surface area contributed by atoms with Gasteiger partial charge in [-0.25, -0.2) is 4.39 Å². The lowest BCUT2D eigenvalue weighted by molar-refractivity contribution is -0.153. The zero-order valence-corrected chi connectivity index (χ0v) is 23.7. The van der Waals surface area contributed by atoms with Crippen LogP contribution >= 0.6 is 0 Å². The average molecular weight is 580 g/mol. The van der Waals surface area contributed by atoms with Crippen molar-refractivity contribution in [2.45, 2.75) is 50.9 Å². The summed E-state index contributed by atoms with van der Waals surface area (Å²) in [6, 6.07) is 6.60. The number of hydrogen-bond acceptors (Lipinski definition) is 9. The fourth-order valence-electron chi connectivity index (χ4n) is 6.71. The molecule has 5 rings (SSSR count). The number of Topliss-reactive ketones (excluding diaryl/α,β-unsaturated/α-hetero) is 2. The van der Waals surface area contributed by atoms with Crippen LogP contribution < -0.4 is 11.1 Å². The minimum absolute atomic E-state index is 0.0185. The van der Waals surface area contributed by atoms with Gasteiger partial charge >= 0.3 is 0 Å². The van der Waals surface area contributed by atoms with E-state index in [9.17, 15) is 39.2 Å². The minimum Gasteiger partial charge on any atom is -0.508 e. The zero-order chi connectivity index (χ0) is 30.8. The van der Waals surface area contributed by atoms with Gasteiger partial charge in [0, 0.05) is 29.6 Å². The van der Waals surface area contributed by atoms with Gasteiger partial charge in [-0.1, -0.05) is 26.0 Å². The third-order valence-corrected chi connectivity index (χ3v) is 8.66. The summed E-state index contributed by atoms with van der Waals surface area (Å²) in [7, 11) is 3.09. The number of nitrogens with one attached hydrogen (secondary N) is 1. The summed E-state index contributed by atoms with van der Waals surface area (Å²) < 4.78 is 14.6. The molecule has 3 aliphatic rings. The number of aliphatic hydroxyl groups is 3. The van der Waals surface area contributed by atoms with Crippen LogP contribution in [0, 0.1) is 17.7 Å². The molecule has 0 radical (unpaired) electrons. The standard InChI is InChI=1S/C31H34FN3O7/c1-13(2)34-12-16-9-14(5-7-20(16)32)17-6-8-21(36)23-18(17)10-15-11-19-25(35(3)4)27(38)24(30(33)41)29(40)31(19,42)28(39)22(15)26(23)37/h5-9,13,15,19,25,34,36-37,40,42H,10-12H2,1-4H3,(H2,33,41)/t15?,19?,25-,31-/m0/s1. The average Bonchev–Trinajstić information content (AvgIpc) is 2.90. The molecule has 10 nitrogen and oxygen atoms in total. The Morgan fingerprint density at radius 3 is 2.48 bits per heavy atom. The number of hydrogen-bond donors (Lipinski definition) is 6. The van der Waals surface area contributed by atoms with Crippen LogP contribution in [0.25, 0.3) is 16.9 Å². The van der Waals surface area contributed by atoms with Crippen molar-refractivity contribution < 1.29 is 39.2 Å². The minimum atomic E-state index is -2.70. The van der Waals surface area contributed by atoms with Crippen LogP contribution in [0.5, 0.6) is 5.75 Å². The van der Waals surface area contributed by atoms with Gasteiger partial charge in [-0.15, -0.1) is 0 Å². The predicted octanol–water partition coefficient (Wildman–Crippen LogP) is 2.27. The number of likely N-dealkylation sites (N-methyl/N-ethyl adjacent to an activating group) is 1. The van der Waals surface area contributed by atoms with E-state index in [2.05, 4.69) is 5.32 Å². The Labute approximate surface area is 242 Å². The van der Waals surface area contributed by atoms with Gasteiger partial charge in [-0.05, 0) is 67.7 Å². The van der Waals surface area contributed by atoms with Crippen LogP contribution in [0.3, 0.4) is 0 Å². The lowest BCUT2D eigenvalue weighted by Crippen LogP contribution is -2.65. The second kappa shape index (κ2) is 10.3. The highest BCUT2D eigenvalue weighted by Gasteiger charge is 2.64. The third kappa shape index (κ3) is 4.31. The molecule has 42 heavy (non-hydrogen) atoms. The molecule has 0 aliphatic heterocycles. The monoisotopic (exact) mass is 579 g/mol. The van der Waals surface area contributed by atoms with Crippen LogP contribution in [0.4, 0.5) is 4.39 Å². The lowest BCUT2D eigenvalue weighted by Gasteiger charge is -2.50. The van der Waals surface area contributed by atoms with Gasteiger partial charge in [0.2, 0.25) is 5.78 Å². The first-order chi connectivity index (χ1) is 19.7. The molecule has 2 aromatic rings. The molecule has 7 N–H and O–H groups in total. The number of aliphatic hydroxyl groups excluding tert-OH is 2. The van der Waals surface area contributed by atoms with E-state index in [1.165, 1.54) is 17.0 Å². The van der Waals surface area contributed by atoms with Gasteiger partial charge in [0.25, 0.3) is 5.91 Å². The van der Waals surface area contributed by atoms with Crippen molar-refractivity contribution in [1.82, 2.24) is 10.2 Å². The molecule has 2 unspecified atom stereocenters. The fourth-order valence-corrected chi connectivity index (χ4v) is 6.71. The number of halogens is 1. The number of carbonyl (C=O) groups excluding carboxylic acids is 3. The molecule has 11 heteroatoms. The van der Waals surface area contributed by atoms with Crippen LogP contribution in [0.1, 0.15) is 37.0 Å². The van der Waals surface area contributed by atoms with Crippen molar-refractivity contribution >= 4 is 23.2 Å². The Bertz CT molecular complexity index is 1590. The highest BCUT2D eigenvalue weighted by atomic mass is 19.1. The molecule has 3 aliphatic carbocycles. The molecule has 4 atom stereocenters. The van der Waals surface area contributed by atoms with Gasteiger partial charge < -0.3 is 31.5 Å². The number of amides is 1. The van der Waals surface area contributed by atoms with E-state index in [1.807, 2.05) is 13.8 Å². The van der Waals surface area contributed by atoms with Crippen molar-refractivity contribution in [1.29, 1.82) is 0 Å². The topological polar surface area (TPSA) is 173 Å². The molecule has 222 valence electrons. The smallest absolute Gasteiger partial charge is 0.255 e. The number of benzene rings is 2. The Morgan fingerprint density at radius 1 is 1.17 bits per heavy atom. The summed E-state index contributed by atoms with van der Waals surface area (Å²) in [5.74, 6) is -7.47. The van der Waals surface area contributed by atoms with E-state index in [0.717, 1.165) is 0 Å². The third-order valence-electron chi connectivity index (χ3n) is 8.66. The molecule has 1 amide bonds. The number of rotatable bonds is 6. The van der Waals surface area contributed by atoms with E-state index >= 15 is 0 Å². The summed E-state index contributed by atoms with van der Waals surface area (Å²) >= 11 is 0. The fraction of sp³-hybridized carbons (Fsp3) is 0.387. The van der Waals surface area contributed by atoms with Crippen molar-refractivity contribution in [2.75, 3.05) is 14.1 Å². The summed E-state index contributed by atoms with van der Waals surface area (Å²) in [6.07, 6.45) is 0.114. The van der Waals surface area contributed by atoms with E-state index in [1.54, 1.807) is 32.3 Å². The normalized spacial score (nSPS) is 25.6. The number of phenols is 1. The number of nitrogens with two attached hydrogens (primary N) is 1. The number of fused-ring (bicyclic) bond motifs is 3. The second-order valence-electron chi connectivity index (χ2n) is 11.8. The largest absolute Gasteiger partial charge is 0.508 e. The van der Waals surface area contributed by atoms with Gasteiger partial charge in [0.15, 0.2) is 11.4 Å². The van der Waals surface area contributed by atoms with Crippen LogP contribution in [-0.2, 0) is 27.3 Å². The van der Waals surface area contributed by atoms with Crippen molar-refractivity contribution in [3.8, 4) is 16.9 Å². The molecule has 1 fully saturated rings. The molecule has 0 aromatic heterocycles. The first-order valence-corrected chi connectivity index (χ1v) is 13.7. The van der Waals surface area contributed by atoms with Gasteiger partial charge in [0.05, 0.1) is 11.6 Å². The SMILES string of the molecule is CC(C)NCc1cc(-c2ccc(O)c3c2CC2CC4[C@H](N(C)C)C(=O)C(C(N)=O)=C(O)[C@@]4(O)C(=O)C2=C3O)ccc1F. The number of phenolic OH excluding ortho intramolecular Hbond substituents is 1. The van der Waals surface area contributed by atoms with E-state index in [0.29, 0.717) is 22.3 Å². The molecule has 1 saturated carbocycles. The Kier molecular flexibility index (Phi) is 7.24. The quantitative estimate of drug-likeness (QED) is 0.281. The van der Waals surface area contributed by atoms with E-state index in [-0.39, 0.29) is 48.1 Å². The summed E-state index contributed by atoms with van der Waals surface area (Å²) in [6.45, 7) is 4.18. The summed E-state index contributed by atoms with van der Waals surface area (Å²) in [4.78, 5) is 40.8. The molecular weight excluding hydrogens is 545 g/mol. The number of carbonyl (C=O) groups is 3. The zero-order valence-electron chi connectivity index (χ0n) is 23.7. The number of nitrogens with zero attached hydrogens (tertiary/aromatic N) is 1. The Balaban J connectivity index is 1.68. The second-order valence-corrected chi connectivity index (χ2v) is 11.8. The van der Waals surface area contributed by atoms with Gasteiger partial charge in [-0.3, -0.25) is 19.3 Å². The summed E-state index contributed by atoms with van der Waals surface area (Å²) in [5, 5.41) is 48.2. The Morgan fingerprint density at radius 2 is 1.86 bits per heavy atom. The first-order valence-electron chi connectivity index (χ1n) is 13.7. The number of aromatic hydroxyl groups is 1. The van der Waals surface area contributed by atoms with Crippen LogP contribution in [0.15, 0.2) is 47.2 Å². The van der Waals surface area contributed by atoms with Gasteiger partial charge in [0.1, 0.15) is 28.7 Å². The molecule has 0 spiro atoms. The van der Waals surface area contributed by atoms with Crippen LogP contribution in [-0.4, -0.2) is 74.6 Å². The molecular formula is C31H34FN3O7. The number of ketones is 2. The van der Waals surface area contributed by atoms with E-state index in [4.69, 9.17) is 5.73 Å². The van der Waals surface area contributed by atoms with Crippen molar-refractivity contribution in [3.05, 3.63) is 69.7 Å². The van der Waals surface area contributed by atoms with Crippen LogP contribution in [0.2, 0.25) is 0 Å². The first kappa shape index (κ1) is 29.4.